The maximum absolute atomic E-state index is 5.90. The molecule has 3 heteroatoms. The summed E-state index contributed by atoms with van der Waals surface area (Å²) in [4.78, 5) is 4.15. The third kappa shape index (κ3) is 3.03. The lowest BCUT2D eigenvalue weighted by Gasteiger charge is -2.29. The van der Waals surface area contributed by atoms with Gasteiger partial charge in [-0.2, -0.15) is 0 Å². The predicted molar refractivity (Wildman–Crippen MR) is 66.0 cm³/mol. The van der Waals surface area contributed by atoms with E-state index in [2.05, 4.69) is 23.3 Å². The third-order valence-electron chi connectivity index (χ3n) is 3.44. The van der Waals surface area contributed by atoms with Crippen LogP contribution in [0.15, 0.2) is 24.5 Å². The second-order valence-corrected chi connectivity index (χ2v) is 4.79. The highest BCUT2D eigenvalue weighted by atomic mass is 14.9. The Morgan fingerprint density at radius 1 is 1.38 bits per heavy atom. The SMILES string of the molecule is C[C@H](NC1CCC(N)CC1)c1cccnc1. The van der Waals surface area contributed by atoms with Gasteiger partial charge < -0.3 is 11.1 Å². The van der Waals surface area contributed by atoms with Crippen molar-refractivity contribution in [2.45, 2.75) is 50.7 Å². The van der Waals surface area contributed by atoms with Crippen molar-refractivity contribution in [3.8, 4) is 0 Å². The molecule has 0 unspecified atom stereocenters. The molecule has 0 saturated heterocycles. The Labute approximate surface area is 97.5 Å². The Balaban J connectivity index is 1.86. The number of nitrogens with two attached hydrogens (primary N) is 1. The van der Waals surface area contributed by atoms with Gasteiger partial charge in [-0.25, -0.2) is 0 Å². The first kappa shape index (κ1) is 11.6. The van der Waals surface area contributed by atoms with Gasteiger partial charge >= 0.3 is 0 Å². The topological polar surface area (TPSA) is 50.9 Å². The van der Waals surface area contributed by atoms with Gasteiger partial charge in [0.25, 0.3) is 0 Å². The summed E-state index contributed by atoms with van der Waals surface area (Å²) in [5.74, 6) is 0. The molecule has 1 heterocycles. The first-order chi connectivity index (χ1) is 7.75. The number of nitrogens with one attached hydrogen (secondary N) is 1. The Morgan fingerprint density at radius 2 is 2.12 bits per heavy atom. The maximum Gasteiger partial charge on any atom is 0.0315 e. The van der Waals surface area contributed by atoms with Crippen LogP contribution in [0.2, 0.25) is 0 Å². The van der Waals surface area contributed by atoms with Gasteiger partial charge in [-0.1, -0.05) is 6.07 Å². The molecule has 2 rings (SSSR count). The Bertz CT molecular complexity index is 304. The van der Waals surface area contributed by atoms with Crippen LogP contribution in [0.4, 0.5) is 0 Å². The summed E-state index contributed by atoms with van der Waals surface area (Å²) in [5, 5.41) is 3.66. The maximum atomic E-state index is 5.90. The quantitative estimate of drug-likeness (QED) is 0.817. The van der Waals surface area contributed by atoms with Crippen molar-refractivity contribution in [3.05, 3.63) is 30.1 Å². The van der Waals surface area contributed by atoms with Crippen LogP contribution in [-0.2, 0) is 0 Å². The van der Waals surface area contributed by atoms with Crippen molar-refractivity contribution in [1.82, 2.24) is 10.3 Å². The Kier molecular flexibility index (Phi) is 3.91. The second-order valence-electron chi connectivity index (χ2n) is 4.79. The van der Waals surface area contributed by atoms with E-state index in [0.29, 0.717) is 18.1 Å². The first-order valence-corrected chi connectivity index (χ1v) is 6.17. The molecule has 0 bridgehead atoms. The van der Waals surface area contributed by atoms with Crippen LogP contribution in [-0.4, -0.2) is 17.1 Å². The van der Waals surface area contributed by atoms with E-state index in [9.17, 15) is 0 Å². The number of hydrogen-bond acceptors (Lipinski definition) is 3. The largest absolute Gasteiger partial charge is 0.328 e. The highest BCUT2D eigenvalue weighted by molar-refractivity contribution is 5.13. The predicted octanol–water partition coefficient (Wildman–Crippen LogP) is 2.00. The molecule has 1 fully saturated rings. The lowest BCUT2D eigenvalue weighted by Crippen LogP contribution is -2.38. The van der Waals surface area contributed by atoms with Crippen LogP contribution in [0, 0.1) is 0 Å². The molecule has 1 saturated carbocycles. The normalized spacial score (nSPS) is 27.6. The minimum atomic E-state index is 0.382. The average Bonchev–Trinajstić information content (AvgIpc) is 2.33. The molecule has 0 spiro atoms. The van der Waals surface area contributed by atoms with E-state index in [1.165, 1.54) is 18.4 Å². The van der Waals surface area contributed by atoms with Gasteiger partial charge in [0.15, 0.2) is 0 Å². The van der Waals surface area contributed by atoms with Crippen LogP contribution in [0.1, 0.15) is 44.2 Å². The van der Waals surface area contributed by atoms with E-state index in [1.54, 1.807) is 0 Å². The molecule has 3 N–H and O–H groups in total. The lowest BCUT2D eigenvalue weighted by atomic mass is 9.91. The summed E-state index contributed by atoms with van der Waals surface area (Å²) in [7, 11) is 0. The van der Waals surface area contributed by atoms with Crippen molar-refractivity contribution in [2.75, 3.05) is 0 Å². The second kappa shape index (κ2) is 5.41. The van der Waals surface area contributed by atoms with Crippen molar-refractivity contribution >= 4 is 0 Å². The van der Waals surface area contributed by atoms with E-state index in [1.807, 2.05) is 18.5 Å². The summed E-state index contributed by atoms with van der Waals surface area (Å²) in [6.07, 6.45) is 8.45. The van der Waals surface area contributed by atoms with Gasteiger partial charge in [0.1, 0.15) is 0 Å². The molecular formula is C13H21N3. The molecule has 3 nitrogen and oxygen atoms in total. The molecule has 0 amide bonds. The van der Waals surface area contributed by atoms with E-state index < -0.39 is 0 Å². The zero-order chi connectivity index (χ0) is 11.4. The fourth-order valence-corrected chi connectivity index (χ4v) is 2.37. The van der Waals surface area contributed by atoms with E-state index in [0.717, 1.165) is 12.8 Å². The number of aromatic nitrogens is 1. The van der Waals surface area contributed by atoms with Gasteiger partial charge in [-0.3, -0.25) is 4.98 Å². The highest BCUT2D eigenvalue weighted by Crippen LogP contribution is 2.20. The zero-order valence-electron chi connectivity index (χ0n) is 9.89. The van der Waals surface area contributed by atoms with Crippen molar-refractivity contribution in [1.29, 1.82) is 0 Å². The average molecular weight is 219 g/mol. The number of nitrogens with zero attached hydrogens (tertiary/aromatic N) is 1. The fourth-order valence-electron chi connectivity index (χ4n) is 2.37. The first-order valence-electron chi connectivity index (χ1n) is 6.17. The molecule has 16 heavy (non-hydrogen) atoms. The third-order valence-corrected chi connectivity index (χ3v) is 3.44. The van der Waals surface area contributed by atoms with Crippen LogP contribution >= 0.6 is 0 Å². The molecule has 0 radical (unpaired) electrons. The Hall–Kier alpha value is -0.930. The summed E-state index contributed by atoms with van der Waals surface area (Å²) < 4.78 is 0. The van der Waals surface area contributed by atoms with E-state index >= 15 is 0 Å². The lowest BCUT2D eigenvalue weighted by molar-refractivity contribution is 0.322. The zero-order valence-corrected chi connectivity index (χ0v) is 9.89. The molecule has 0 aromatic carbocycles. The van der Waals surface area contributed by atoms with Crippen molar-refractivity contribution in [3.63, 3.8) is 0 Å². The number of rotatable bonds is 3. The minimum Gasteiger partial charge on any atom is -0.328 e. The number of pyridine rings is 1. The van der Waals surface area contributed by atoms with Crippen LogP contribution in [0.3, 0.4) is 0 Å². The van der Waals surface area contributed by atoms with Gasteiger partial charge in [0.05, 0.1) is 0 Å². The smallest absolute Gasteiger partial charge is 0.0315 e. The molecule has 1 atom stereocenters. The van der Waals surface area contributed by atoms with Gasteiger partial charge in [-0.05, 0) is 44.2 Å². The summed E-state index contributed by atoms with van der Waals surface area (Å²) in [6, 6.07) is 5.54. The Morgan fingerprint density at radius 3 is 2.75 bits per heavy atom. The van der Waals surface area contributed by atoms with Gasteiger partial charge in [-0.15, -0.1) is 0 Å². The standard InChI is InChI=1S/C13H21N3/c1-10(11-3-2-8-15-9-11)16-13-6-4-12(14)5-7-13/h2-3,8-10,12-13,16H,4-7,14H2,1H3/t10-,12?,13?/m0/s1. The number of hydrogen-bond donors (Lipinski definition) is 2. The van der Waals surface area contributed by atoms with E-state index in [-0.39, 0.29) is 0 Å². The summed E-state index contributed by atoms with van der Waals surface area (Å²) >= 11 is 0. The van der Waals surface area contributed by atoms with E-state index in [4.69, 9.17) is 5.73 Å². The van der Waals surface area contributed by atoms with Gasteiger partial charge in [0.2, 0.25) is 0 Å². The van der Waals surface area contributed by atoms with Crippen LogP contribution in [0.5, 0.6) is 0 Å². The molecule has 1 aliphatic carbocycles. The fraction of sp³-hybridized carbons (Fsp3) is 0.615. The molecule has 88 valence electrons. The molecule has 0 aliphatic heterocycles. The van der Waals surface area contributed by atoms with Crippen LogP contribution in [0.25, 0.3) is 0 Å². The highest BCUT2D eigenvalue weighted by Gasteiger charge is 2.20. The van der Waals surface area contributed by atoms with Gasteiger partial charge in [0, 0.05) is 30.5 Å². The molecule has 1 aromatic rings. The van der Waals surface area contributed by atoms with Crippen molar-refractivity contribution < 1.29 is 0 Å². The van der Waals surface area contributed by atoms with Crippen LogP contribution < -0.4 is 11.1 Å². The molecule has 1 aromatic heterocycles. The summed E-state index contributed by atoms with van der Waals surface area (Å²) in [6.45, 7) is 2.20. The minimum absolute atomic E-state index is 0.382. The molecule has 1 aliphatic rings. The summed E-state index contributed by atoms with van der Waals surface area (Å²) in [5.41, 5.74) is 7.16. The van der Waals surface area contributed by atoms with Crippen molar-refractivity contribution in [2.24, 2.45) is 5.73 Å². The molecular weight excluding hydrogens is 198 g/mol. The monoisotopic (exact) mass is 219 g/mol.